The molecule has 0 saturated heterocycles. The Bertz CT molecular complexity index is 664. The van der Waals surface area contributed by atoms with Gasteiger partial charge in [-0.1, -0.05) is 29.3 Å². The summed E-state index contributed by atoms with van der Waals surface area (Å²) in [7, 11) is 0. The summed E-state index contributed by atoms with van der Waals surface area (Å²) in [6.07, 6.45) is 0.504. The standard InChI is InChI=1S/C17H16O4/c1-10-3-11(2)5-12(4-10)6-13-7-14(16(18)19)9-15(8-13)17(20)21/h3-5,7-9H,6H2,1-2H3,(H,18,19)(H,20,21). The lowest BCUT2D eigenvalue weighted by Crippen LogP contribution is -2.04. The maximum atomic E-state index is 11.1. The molecule has 0 aliphatic carbocycles. The molecule has 2 aromatic rings. The van der Waals surface area contributed by atoms with Gasteiger partial charge >= 0.3 is 11.9 Å². The third kappa shape index (κ3) is 3.69. The first-order valence-electron chi connectivity index (χ1n) is 6.53. The molecule has 0 aromatic heterocycles. The summed E-state index contributed by atoms with van der Waals surface area (Å²) in [6, 6.07) is 10.3. The predicted molar refractivity (Wildman–Crippen MR) is 79.1 cm³/mol. The van der Waals surface area contributed by atoms with Gasteiger partial charge in [-0.05, 0) is 49.6 Å². The molecule has 0 bridgehead atoms. The first kappa shape index (κ1) is 14.8. The van der Waals surface area contributed by atoms with Crippen LogP contribution in [-0.4, -0.2) is 22.2 Å². The van der Waals surface area contributed by atoms with Gasteiger partial charge in [0.05, 0.1) is 11.1 Å². The van der Waals surface area contributed by atoms with Crippen molar-refractivity contribution in [2.75, 3.05) is 0 Å². The van der Waals surface area contributed by atoms with Crippen LogP contribution in [0.5, 0.6) is 0 Å². The van der Waals surface area contributed by atoms with Crippen LogP contribution in [0.25, 0.3) is 0 Å². The van der Waals surface area contributed by atoms with Gasteiger partial charge in [-0.2, -0.15) is 0 Å². The van der Waals surface area contributed by atoms with Crippen molar-refractivity contribution < 1.29 is 19.8 Å². The molecule has 21 heavy (non-hydrogen) atoms. The number of aromatic carboxylic acids is 2. The van der Waals surface area contributed by atoms with Crippen LogP contribution in [0.15, 0.2) is 36.4 Å². The van der Waals surface area contributed by atoms with E-state index in [4.69, 9.17) is 10.2 Å². The zero-order valence-corrected chi connectivity index (χ0v) is 11.9. The molecule has 2 aromatic carbocycles. The van der Waals surface area contributed by atoms with Crippen LogP contribution in [0.3, 0.4) is 0 Å². The minimum absolute atomic E-state index is 0.00530. The molecule has 0 amide bonds. The zero-order valence-electron chi connectivity index (χ0n) is 11.9. The van der Waals surface area contributed by atoms with Crippen molar-refractivity contribution in [2.24, 2.45) is 0 Å². The van der Waals surface area contributed by atoms with Gasteiger partial charge in [0.25, 0.3) is 0 Å². The van der Waals surface area contributed by atoms with Crippen molar-refractivity contribution in [3.8, 4) is 0 Å². The molecule has 0 saturated carbocycles. The molecule has 0 fully saturated rings. The Labute approximate surface area is 122 Å². The molecular weight excluding hydrogens is 268 g/mol. The van der Waals surface area contributed by atoms with Gasteiger partial charge in [0.1, 0.15) is 0 Å². The number of hydrogen-bond donors (Lipinski definition) is 2. The molecular formula is C17H16O4. The Morgan fingerprint density at radius 2 is 1.19 bits per heavy atom. The zero-order chi connectivity index (χ0) is 15.6. The fraction of sp³-hybridized carbons (Fsp3) is 0.176. The summed E-state index contributed by atoms with van der Waals surface area (Å²) in [5.74, 6) is -2.25. The molecule has 0 heterocycles. The minimum Gasteiger partial charge on any atom is -0.478 e. The summed E-state index contributed by atoms with van der Waals surface area (Å²) >= 11 is 0. The van der Waals surface area contributed by atoms with Gasteiger partial charge in [0, 0.05) is 0 Å². The van der Waals surface area contributed by atoms with E-state index in [0.717, 1.165) is 16.7 Å². The van der Waals surface area contributed by atoms with E-state index >= 15 is 0 Å². The third-order valence-corrected chi connectivity index (χ3v) is 3.18. The van der Waals surface area contributed by atoms with E-state index in [2.05, 4.69) is 6.07 Å². The molecule has 2 rings (SSSR count). The second-order valence-electron chi connectivity index (χ2n) is 5.20. The number of carbonyl (C=O) groups is 2. The first-order valence-corrected chi connectivity index (χ1v) is 6.53. The second-order valence-corrected chi connectivity index (χ2v) is 5.20. The monoisotopic (exact) mass is 284 g/mol. The highest BCUT2D eigenvalue weighted by molar-refractivity contribution is 5.94. The molecule has 0 spiro atoms. The largest absolute Gasteiger partial charge is 0.478 e. The highest BCUT2D eigenvalue weighted by Gasteiger charge is 2.11. The van der Waals surface area contributed by atoms with Gasteiger partial charge < -0.3 is 10.2 Å². The Hall–Kier alpha value is -2.62. The van der Waals surface area contributed by atoms with Crippen LogP contribution in [-0.2, 0) is 6.42 Å². The summed E-state index contributed by atoms with van der Waals surface area (Å²) in [5, 5.41) is 18.2. The Kier molecular flexibility index (Phi) is 4.08. The molecule has 0 aliphatic rings. The molecule has 4 heteroatoms. The Balaban J connectivity index is 2.43. The highest BCUT2D eigenvalue weighted by atomic mass is 16.4. The number of carboxylic acids is 2. The van der Waals surface area contributed by atoms with Crippen LogP contribution in [0, 0.1) is 13.8 Å². The molecule has 4 nitrogen and oxygen atoms in total. The average Bonchev–Trinajstić information content (AvgIpc) is 2.36. The number of carboxylic acid groups (broad SMARTS) is 2. The van der Waals surface area contributed by atoms with E-state index in [0.29, 0.717) is 12.0 Å². The SMILES string of the molecule is Cc1cc(C)cc(Cc2cc(C(=O)O)cc(C(=O)O)c2)c1. The molecule has 2 N–H and O–H groups in total. The van der Waals surface area contributed by atoms with Gasteiger partial charge in [-0.3, -0.25) is 0 Å². The lowest BCUT2D eigenvalue weighted by atomic mass is 9.97. The van der Waals surface area contributed by atoms with Crippen molar-refractivity contribution in [2.45, 2.75) is 20.3 Å². The highest BCUT2D eigenvalue weighted by Crippen LogP contribution is 2.17. The van der Waals surface area contributed by atoms with E-state index in [9.17, 15) is 9.59 Å². The summed E-state index contributed by atoms with van der Waals surface area (Å²) < 4.78 is 0. The van der Waals surface area contributed by atoms with E-state index in [1.165, 1.54) is 18.2 Å². The average molecular weight is 284 g/mol. The molecule has 0 aliphatic heterocycles. The maximum Gasteiger partial charge on any atom is 0.335 e. The Morgan fingerprint density at radius 1 is 0.762 bits per heavy atom. The summed E-state index contributed by atoms with van der Waals surface area (Å²) in [4.78, 5) is 22.2. The summed E-state index contributed by atoms with van der Waals surface area (Å²) in [5.41, 5.74) is 3.95. The van der Waals surface area contributed by atoms with E-state index in [1.54, 1.807) is 0 Å². The predicted octanol–water partition coefficient (Wildman–Crippen LogP) is 3.29. The summed E-state index contributed by atoms with van der Waals surface area (Å²) in [6.45, 7) is 3.99. The van der Waals surface area contributed by atoms with Crippen molar-refractivity contribution in [3.63, 3.8) is 0 Å². The first-order chi connectivity index (χ1) is 9.85. The molecule has 0 atom stereocenters. The van der Waals surface area contributed by atoms with Gasteiger partial charge in [-0.15, -0.1) is 0 Å². The number of rotatable bonds is 4. The van der Waals surface area contributed by atoms with Crippen molar-refractivity contribution in [3.05, 3.63) is 69.8 Å². The van der Waals surface area contributed by atoms with Crippen LogP contribution < -0.4 is 0 Å². The smallest absolute Gasteiger partial charge is 0.335 e. The molecule has 0 unspecified atom stereocenters. The van der Waals surface area contributed by atoms with E-state index in [-0.39, 0.29) is 11.1 Å². The maximum absolute atomic E-state index is 11.1. The van der Waals surface area contributed by atoms with Crippen LogP contribution in [0.4, 0.5) is 0 Å². The van der Waals surface area contributed by atoms with Gasteiger partial charge in [0.15, 0.2) is 0 Å². The van der Waals surface area contributed by atoms with Gasteiger partial charge in [-0.25, -0.2) is 9.59 Å². The lowest BCUT2D eigenvalue weighted by molar-refractivity contribution is 0.0696. The number of benzene rings is 2. The molecule has 0 radical (unpaired) electrons. The van der Waals surface area contributed by atoms with Crippen molar-refractivity contribution in [1.29, 1.82) is 0 Å². The normalized spacial score (nSPS) is 10.4. The quantitative estimate of drug-likeness (QED) is 0.903. The van der Waals surface area contributed by atoms with E-state index in [1.807, 2.05) is 26.0 Å². The lowest BCUT2D eigenvalue weighted by Gasteiger charge is -2.08. The third-order valence-electron chi connectivity index (χ3n) is 3.18. The van der Waals surface area contributed by atoms with Crippen LogP contribution >= 0.6 is 0 Å². The van der Waals surface area contributed by atoms with Crippen molar-refractivity contribution in [1.82, 2.24) is 0 Å². The van der Waals surface area contributed by atoms with E-state index < -0.39 is 11.9 Å². The van der Waals surface area contributed by atoms with Crippen LogP contribution in [0.2, 0.25) is 0 Å². The Morgan fingerprint density at radius 3 is 1.62 bits per heavy atom. The molecule has 108 valence electrons. The fourth-order valence-electron chi connectivity index (χ4n) is 2.45. The van der Waals surface area contributed by atoms with Crippen molar-refractivity contribution >= 4 is 11.9 Å². The number of aryl methyl sites for hydroxylation is 2. The minimum atomic E-state index is -1.13. The fourth-order valence-corrected chi connectivity index (χ4v) is 2.45. The number of hydrogen-bond acceptors (Lipinski definition) is 2. The van der Waals surface area contributed by atoms with Gasteiger partial charge in [0.2, 0.25) is 0 Å². The topological polar surface area (TPSA) is 74.6 Å². The second kappa shape index (κ2) is 5.79. The van der Waals surface area contributed by atoms with Crippen LogP contribution in [0.1, 0.15) is 43.0 Å².